The van der Waals surface area contributed by atoms with Crippen LogP contribution in [0.15, 0.2) is 30.3 Å². The van der Waals surface area contributed by atoms with E-state index in [1.54, 1.807) is 6.07 Å². The van der Waals surface area contributed by atoms with Crippen LogP contribution in [0.2, 0.25) is 0 Å². The molecule has 8 heteroatoms. The molecule has 2 unspecified atom stereocenters. The van der Waals surface area contributed by atoms with E-state index in [9.17, 15) is 14.7 Å². The van der Waals surface area contributed by atoms with Gasteiger partial charge in [0.15, 0.2) is 11.5 Å². The van der Waals surface area contributed by atoms with Crippen molar-refractivity contribution in [2.24, 2.45) is 0 Å². The van der Waals surface area contributed by atoms with Gasteiger partial charge in [0.25, 0.3) is 5.91 Å². The molecule has 1 amide bonds. The summed E-state index contributed by atoms with van der Waals surface area (Å²) in [5, 5.41) is 9.42. The number of aliphatic carboxylic acids is 1. The summed E-state index contributed by atoms with van der Waals surface area (Å²) in [4.78, 5) is 27.2. The highest BCUT2D eigenvalue weighted by molar-refractivity contribution is 7.17. The summed E-state index contributed by atoms with van der Waals surface area (Å²) < 4.78 is 16.4. The van der Waals surface area contributed by atoms with Crippen LogP contribution in [0.4, 0.5) is 0 Å². The van der Waals surface area contributed by atoms with Crippen molar-refractivity contribution in [1.82, 2.24) is 4.90 Å². The van der Waals surface area contributed by atoms with Gasteiger partial charge in [0.1, 0.15) is 19.3 Å². The standard InChI is InChI=1S/C19H19NO6S/c1-24-12-9-13(19(22)23)20(10-12)18(21)17-5-4-16(27-17)11-2-3-14-15(8-11)26-7-6-25-14/h2-5,8,12-13H,6-7,9-10H2,1H3,(H,22,23). The normalized spacial score (nSPS) is 21.3. The zero-order valence-corrected chi connectivity index (χ0v) is 15.5. The number of methoxy groups -OCH3 is 1. The molecule has 0 spiro atoms. The highest BCUT2D eigenvalue weighted by atomic mass is 32.1. The summed E-state index contributed by atoms with van der Waals surface area (Å²) in [6.07, 6.45) is 0.0464. The van der Waals surface area contributed by atoms with E-state index in [1.165, 1.54) is 23.3 Å². The van der Waals surface area contributed by atoms with Gasteiger partial charge in [-0.3, -0.25) is 4.79 Å². The van der Waals surface area contributed by atoms with Crippen molar-refractivity contribution >= 4 is 23.2 Å². The first-order chi connectivity index (χ1) is 13.1. The molecule has 0 bridgehead atoms. The molecule has 1 fully saturated rings. The zero-order valence-electron chi connectivity index (χ0n) is 14.7. The number of hydrogen-bond acceptors (Lipinski definition) is 6. The van der Waals surface area contributed by atoms with E-state index < -0.39 is 12.0 Å². The highest BCUT2D eigenvalue weighted by Crippen LogP contribution is 2.37. The number of benzene rings is 1. The van der Waals surface area contributed by atoms with Crippen LogP contribution in [-0.4, -0.2) is 60.9 Å². The minimum absolute atomic E-state index is 0.257. The zero-order chi connectivity index (χ0) is 19.0. The fourth-order valence-electron chi connectivity index (χ4n) is 3.37. The number of carbonyl (C=O) groups excluding carboxylic acids is 1. The first kappa shape index (κ1) is 17.8. The third-order valence-electron chi connectivity index (χ3n) is 4.79. The smallest absolute Gasteiger partial charge is 0.326 e. The van der Waals surface area contributed by atoms with E-state index in [0.717, 1.165) is 10.4 Å². The Morgan fingerprint density at radius 1 is 1.19 bits per heavy atom. The molecular weight excluding hydrogens is 370 g/mol. The molecule has 27 heavy (non-hydrogen) atoms. The van der Waals surface area contributed by atoms with Gasteiger partial charge in [0, 0.05) is 25.0 Å². The number of fused-ring (bicyclic) bond motifs is 1. The molecule has 0 aliphatic carbocycles. The number of ether oxygens (including phenoxy) is 3. The number of carboxylic acid groups (broad SMARTS) is 1. The van der Waals surface area contributed by atoms with Crippen LogP contribution in [0.3, 0.4) is 0 Å². The first-order valence-corrected chi connectivity index (χ1v) is 9.45. The molecule has 2 aliphatic rings. The summed E-state index contributed by atoms with van der Waals surface area (Å²) >= 11 is 1.33. The fraction of sp³-hybridized carbons (Fsp3) is 0.368. The summed E-state index contributed by atoms with van der Waals surface area (Å²) in [7, 11) is 1.53. The van der Waals surface area contributed by atoms with Crippen molar-refractivity contribution in [2.45, 2.75) is 18.6 Å². The Labute approximate surface area is 160 Å². The molecule has 1 saturated heterocycles. The van der Waals surface area contributed by atoms with Crippen LogP contribution < -0.4 is 9.47 Å². The molecule has 4 rings (SSSR count). The Bertz CT molecular complexity index is 879. The van der Waals surface area contributed by atoms with Gasteiger partial charge in [-0.15, -0.1) is 11.3 Å². The maximum atomic E-state index is 12.9. The molecule has 0 radical (unpaired) electrons. The summed E-state index contributed by atoms with van der Waals surface area (Å²) in [5.74, 6) is 0.112. The average Bonchev–Trinajstić information content (AvgIpc) is 3.34. The molecule has 0 saturated carbocycles. The van der Waals surface area contributed by atoms with Crippen LogP contribution in [0.1, 0.15) is 16.1 Å². The molecule has 1 N–H and O–H groups in total. The quantitative estimate of drug-likeness (QED) is 0.865. The molecule has 2 aliphatic heterocycles. The lowest BCUT2D eigenvalue weighted by molar-refractivity contribution is -0.141. The maximum absolute atomic E-state index is 12.9. The average molecular weight is 389 g/mol. The third kappa shape index (κ3) is 3.38. The van der Waals surface area contributed by atoms with Gasteiger partial charge in [-0.05, 0) is 35.9 Å². The molecule has 7 nitrogen and oxygen atoms in total. The largest absolute Gasteiger partial charge is 0.486 e. The maximum Gasteiger partial charge on any atom is 0.326 e. The van der Waals surface area contributed by atoms with Gasteiger partial charge in [0.2, 0.25) is 0 Å². The predicted octanol–water partition coefficient (Wildman–Crippen LogP) is 2.50. The lowest BCUT2D eigenvalue weighted by Crippen LogP contribution is -2.40. The SMILES string of the molecule is COC1CC(C(=O)O)N(C(=O)c2ccc(-c3ccc4c(c3)OCCO4)s2)C1. The summed E-state index contributed by atoms with van der Waals surface area (Å²) in [6.45, 7) is 1.33. The third-order valence-corrected chi connectivity index (χ3v) is 5.91. The number of carboxylic acids is 1. The number of likely N-dealkylation sites (tertiary alicyclic amines) is 1. The van der Waals surface area contributed by atoms with Gasteiger partial charge in [0.05, 0.1) is 11.0 Å². The van der Waals surface area contributed by atoms with E-state index in [0.29, 0.717) is 36.0 Å². The van der Waals surface area contributed by atoms with Gasteiger partial charge < -0.3 is 24.2 Å². The van der Waals surface area contributed by atoms with Crippen molar-refractivity contribution < 1.29 is 28.9 Å². The fourth-order valence-corrected chi connectivity index (χ4v) is 4.33. The molecule has 2 aromatic rings. The number of rotatable bonds is 4. The number of hydrogen-bond donors (Lipinski definition) is 1. The lowest BCUT2D eigenvalue weighted by Gasteiger charge is -2.20. The van der Waals surface area contributed by atoms with Crippen LogP contribution in [-0.2, 0) is 9.53 Å². The van der Waals surface area contributed by atoms with Crippen LogP contribution >= 0.6 is 11.3 Å². The molecule has 2 atom stereocenters. The lowest BCUT2D eigenvalue weighted by atomic mass is 10.1. The Morgan fingerprint density at radius 2 is 1.96 bits per heavy atom. The van der Waals surface area contributed by atoms with Crippen molar-refractivity contribution in [3.05, 3.63) is 35.2 Å². The van der Waals surface area contributed by atoms with E-state index in [-0.39, 0.29) is 18.6 Å². The molecule has 3 heterocycles. The Kier molecular flexibility index (Phi) is 4.75. The first-order valence-electron chi connectivity index (χ1n) is 8.63. The summed E-state index contributed by atoms with van der Waals surface area (Å²) in [6, 6.07) is 8.41. The Morgan fingerprint density at radius 3 is 2.70 bits per heavy atom. The second-order valence-electron chi connectivity index (χ2n) is 6.43. The predicted molar refractivity (Wildman–Crippen MR) is 98.6 cm³/mol. The number of carbonyl (C=O) groups is 2. The highest BCUT2D eigenvalue weighted by Gasteiger charge is 2.40. The Hall–Kier alpha value is -2.58. The van der Waals surface area contributed by atoms with Gasteiger partial charge in [-0.1, -0.05) is 0 Å². The van der Waals surface area contributed by atoms with Crippen molar-refractivity contribution in [3.63, 3.8) is 0 Å². The second-order valence-corrected chi connectivity index (χ2v) is 7.51. The van der Waals surface area contributed by atoms with Gasteiger partial charge in [-0.25, -0.2) is 4.79 Å². The number of amides is 1. The van der Waals surface area contributed by atoms with Gasteiger partial charge in [-0.2, -0.15) is 0 Å². The van der Waals surface area contributed by atoms with E-state index in [2.05, 4.69) is 0 Å². The van der Waals surface area contributed by atoms with Gasteiger partial charge >= 0.3 is 5.97 Å². The number of nitrogens with zero attached hydrogens (tertiary/aromatic N) is 1. The van der Waals surface area contributed by atoms with E-state index >= 15 is 0 Å². The molecule has 142 valence electrons. The molecular formula is C19H19NO6S. The van der Waals surface area contributed by atoms with Crippen molar-refractivity contribution in [2.75, 3.05) is 26.9 Å². The number of thiophene rings is 1. The topological polar surface area (TPSA) is 85.3 Å². The molecule has 1 aromatic carbocycles. The van der Waals surface area contributed by atoms with Crippen LogP contribution in [0.25, 0.3) is 10.4 Å². The summed E-state index contributed by atoms with van der Waals surface area (Å²) in [5.41, 5.74) is 0.925. The minimum Gasteiger partial charge on any atom is -0.486 e. The van der Waals surface area contributed by atoms with E-state index in [1.807, 2.05) is 24.3 Å². The monoisotopic (exact) mass is 389 g/mol. The van der Waals surface area contributed by atoms with Crippen LogP contribution in [0, 0.1) is 0 Å². The minimum atomic E-state index is -1.01. The van der Waals surface area contributed by atoms with Crippen molar-refractivity contribution in [1.29, 1.82) is 0 Å². The Balaban J connectivity index is 1.57. The second kappa shape index (κ2) is 7.21. The van der Waals surface area contributed by atoms with Crippen molar-refractivity contribution in [3.8, 4) is 21.9 Å². The van der Waals surface area contributed by atoms with E-state index in [4.69, 9.17) is 14.2 Å². The molecule has 1 aromatic heterocycles. The van der Waals surface area contributed by atoms with Crippen LogP contribution in [0.5, 0.6) is 11.5 Å².